The van der Waals surface area contributed by atoms with E-state index in [1.165, 1.54) is 12.0 Å². The van der Waals surface area contributed by atoms with Gasteiger partial charge in [0.2, 0.25) is 5.91 Å². The number of hydrogen-bond donors (Lipinski definition) is 0. The zero-order chi connectivity index (χ0) is 17.8. The van der Waals surface area contributed by atoms with Crippen molar-refractivity contribution in [2.24, 2.45) is 4.99 Å². The van der Waals surface area contributed by atoms with E-state index in [0.29, 0.717) is 0 Å². The fourth-order valence-electron chi connectivity index (χ4n) is 3.34. The molecular weight excluding hydrogens is 360 g/mol. The van der Waals surface area contributed by atoms with Gasteiger partial charge in [-0.15, -0.1) is 0 Å². The molecule has 0 aliphatic carbocycles. The number of benzene rings is 2. The fourth-order valence-corrected chi connectivity index (χ4v) is 5.66. The molecule has 26 heavy (non-hydrogen) atoms. The summed E-state index contributed by atoms with van der Waals surface area (Å²) >= 11 is 3.34. The van der Waals surface area contributed by atoms with Gasteiger partial charge in [0.25, 0.3) is 0 Å². The minimum atomic E-state index is -0.217. The molecule has 0 radical (unpaired) electrons. The average Bonchev–Trinajstić information content (AvgIpc) is 2.73. The summed E-state index contributed by atoms with van der Waals surface area (Å²) in [7, 11) is 0. The van der Waals surface area contributed by atoms with E-state index < -0.39 is 0 Å². The van der Waals surface area contributed by atoms with Gasteiger partial charge in [0.15, 0.2) is 0 Å². The second kappa shape index (κ2) is 8.31. The predicted octanol–water partition coefficient (Wildman–Crippen LogP) is 5.41. The summed E-state index contributed by atoms with van der Waals surface area (Å²) in [5.74, 6) is 1.14. The lowest BCUT2D eigenvalue weighted by Gasteiger charge is -2.30. The monoisotopic (exact) mass is 382 g/mol. The Kier molecular flexibility index (Phi) is 5.65. The first-order valence-corrected chi connectivity index (χ1v) is 11.0. The first kappa shape index (κ1) is 17.7. The number of nitrogens with zero attached hydrogens (tertiary/aromatic N) is 2. The molecule has 3 nitrogen and oxygen atoms in total. The van der Waals surface area contributed by atoms with E-state index in [4.69, 9.17) is 4.99 Å². The van der Waals surface area contributed by atoms with Crippen molar-refractivity contribution in [1.29, 1.82) is 0 Å². The van der Waals surface area contributed by atoms with E-state index in [9.17, 15) is 4.79 Å². The van der Waals surface area contributed by atoms with Crippen LogP contribution in [-0.2, 0) is 10.5 Å². The number of hydrogen-bond acceptors (Lipinski definition) is 4. The third-order valence-corrected chi connectivity index (χ3v) is 7.21. The van der Waals surface area contributed by atoms with Gasteiger partial charge in [-0.2, -0.15) is 0 Å². The maximum atomic E-state index is 13.3. The Morgan fingerprint density at radius 3 is 2.54 bits per heavy atom. The van der Waals surface area contributed by atoms with Gasteiger partial charge in [-0.25, -0.2) is 4.99 Å². The molecule has 2 aliphatic rings. The molecule has 1 saturated heterocycles. The van der Waals surface area contributed by atoms with Crippen LogP contribution in [0.5, 0.6) is 0 Å². The third kappa shape index (κ3) is 3.99. The van der Waals surface area contributed by atoms with E-state index in [1.807, 2.05) is 29.2 Å². The fraction of sp³-hybridized carbons (Fsp3) is 0.333. The van der Waals surface area contributed by atoms with Crippen molar-refractivity contribution in [2.75, 3.05) is 13.1 Å². The van der Waals surface area contributed by atoms with Gasteiger partial charge in [0.05, 0.1) is 5.69 Å². The lowest BCUT2D eigenvalue weighted by Crippen LogP contribution is -2.38. The molecule has 0 aromatic heterocycles. The second-order valence-electron chi connectivity index (χ2n) is 6.59. The van der Waals surface area contributed by atoms with Crippen LogP contribution in [0.2, 0.25) is 0 Å². The molecule has 1 fully saturated rings. The summed E-state index contributed by atoms with van der Waals surface area (Å²) in [6.45, 7) is 1.76. The van der Waals surface area contributed by atoms with Crippen LogP contribution < -0.4 is 0 Å². The Morgan fingerprint density at radius 1 is 1.00 bits per heavy atom. The van der Waals surface area contributed by atoms with Gasteiger partial charge in [-0.05, 0) is 36.5 Å². The molecular formula is C21H22N2OS2. The van der Waals surface area contributed by atoms with Crippen molar-refractivity contribution >= 4 is 39.5 Å². The summed E-state index contributed by atoms with van der Waals surface area (Å²) < 4.78 is 0.989. The van der Waals surface area contributed by atoms with Gasteiger partial charge in [-0.1, -0.05) is 72.1 Å². The highest BCUT2D eigenvalue weighted by molar-refractivity contribution is 8.38. The summed E-state index contributed by atoms with van der Waals surface area (Å²) in [4.78, 5) is 20.1. The van der Waals surface area contributed by atoms with E-state index >= 15 is 0 Å². The molecule has 0 saturated carbocycles. The number of para-hydroxylation sites is 1. The van der Waals surface area contributed by atoms with Crippen molar-refractivity contribution in [2.45, 2.75) is 30.3 Å². The molecule has 4 rings (SSSR count). The smallest absolute Gasteiger partial charge is 0.240 e. The lowest BCUT2D eigenvalue weighted by atomic mass is 10.1. The van der Waals surface area contributed by atoms with Crippen LogP contribution in [0.25, 0.3) is 0 Å². The molecule has 0 unspecified atom stereocenters. The first-order valence-electron chi connectivity index (χ1n) is 9.11. The van der Waals surface area contributed by atoms with Crippen molar-refractivity contribution in [3.63, 3.8) is 0 Å². The molecule has 134 valence electrons. The number of carbonyl (C=O) groups is 1. The molecule has 2 aliphatic heterocycles. The number of carbonyl (C=O) groups excluding carboxylic acids is 1. The molecule has 2 aromatic rings. The predicted molar refractivity (Wildman–Crippen MR) is 112 cm³/mol. The average molecular weight is 383 g/mol. The molecule has 1 amide bonds. The number of aliphatic imine (C=N–C) groups is 1. The highest BCUT2D eigenvalue weighted by Gasteiger charge is 2.30. The molecule has 0 bridgehead atoms. The van der Waals surface area contributed by atoms with Crippen LogP contribution in [-0.4, -0.2) is 28.3 Å². The quantitative estimate of drug-likeness (QED) is 0.712. The first-order chi connectivity index (χ1) is 12.8. The van der Waals surface area contributed by atoms with Crippen molar-refractivity contribution in [1.82, 2.24) is 4.90 Å². The topological polar surface area (TPSA) is 32.7 Å². The molecule has 1 atom stereocenters. The molecule has 2 aromatic carbocycles. The van der Waals surface area contributed by atoms with Gasteiger partial charge in [0, 0.05) is 18.8 Å². The number of amides is 1. The molecule has 5 heteroatoms. The Labute approximate surface area is 163 Å². The SMILES string of the molecule is O=C([C@H](SC1=Nc2ccccc2CS1)c1ccccc1)N1CCCCC1. The van der Waals surface area contributed by atoms with E-state index in [2.05, 4.69) is 30.3 Å². The van der Waals surface area contributed by atoms with Crippen LogP contribution >= 0.6 is 23.5 Å². The van der Waals surface area contributed by atoms with Crippen molar-refractivity contribution < 1.29 is 4.79 Å². The molecule has 2 heterocycles. The Hall–Kier alpha value is -1.72. The standard InChI is InChI=1S/C21H22N2OS2/c24-20(23-13-7-2-8-14-23)19(16-9-3-1-4-10-16)26-21-22-18-12-6-5-11-17(18)15-25-21/h1,3-6,9-12,19H,2,7-8,13-15H2/t19-/m1/s1. The highest BCUT2D eigenvalue weighted by atomic mass is 32.2. The van der Waals surface area contributed by atoms with E-state index in [0.717, 1.165) is 47.3 Å². The minimum Gasteiger partial charge on any atom is -0.341 e. The van der Waals surface area contributed by atoms with Crippen LogP contribution in [0.3, 0.4) is 0 Å². The molecule has 0 spiro atoms. The maximum absolute atomic E-state index is 13.3. The minimum absolute atomic E-state index is 0.217. The number of rotatable bonds is 3. The Morgan fingerprint density at radius 2 is 1.73 bits per heavy atom. The second-order valence-corrected chi connectivity index (χ2v) is 8.91. The van der Waals surface area contributed by atoms with Crippen molar-refractivity contribution in [3.05, 3.63) is 65.7 Å². The number of likely N-dealkylation sites (tertiary alicyclic amines) is 1. The van der Waals surface area contributed by atoms with E-state index in [-0.39, 0.29) is 11.2 Å². The third-order valence-electron chi connectivity index (χ3n) is 4.77. The lowest BCUT2D eigenvalue weighted by molar-refractivity contribution is -0.131. The summed E-state index contributed by atoms with van der Waals surface area (Å²) in [6, 6.07) is 18.4. The highest BCUT2D eigenvalue weighted by Crippen LogP contribution is 2.41. The van der Waals surface area contributed by atoms with Gasteiger partial charge in [-0.3, -0.25) is 4.79 Å². The van der Waals surface area contributed by atoms with Gasteiger partial charge in [0.1, 0.15) is 9.63 Å². The normalized spacial score (nSPS) is 18.0. The van der Waals surface area contributed by atoms with Crippen molar-refractivity contribution in [3.8, 4) is 0 Å². The Bertz CT molecular complexity index is 801. The number of thioether (sulfide) groups is 2. The maximum Gasteiger partial charge on any atom is 0.240 e. The zero-order valence-electron chi connectivity index (χ0n) is 14.6. The molecule has 0 N–H and O–H groups in total. The summed E-state index contributed by atoms with van der Waals surface area (Å²) in [5, 5.41) is -0.217. The van der Waals surface area contributed by atoms with Crippen LogP contribution in [0, 0.1) is 0 Å². The zero-order valence-corrected chi connectivity index (χ0v) is 16.3. The van der Waals surface area contributed by atoms with Crippen LogP contribution in [0.1, 0.15) is 35.6 Å². The Balaban J connectivity index is 1.59. The number of fused-ring (bicyclic) bond motifs is 1. The van der Waals surface area contributed by atoms with Gasteiger partial charge < -0.3 is 4.90 Å². The van der Waals surface area contributed by atoms with Crippen LogP contribution in [0.4, 0.5) is 5.69 Å². The van der Waals surface area contributed by atoms with Crippen LogP contribution in [0.15, 0.2) is 59.6 Å². The summed E-state index contributed by atoms with van der Waals surface area (Å²) in [5.41, 5.74) is 3.36. The number of piperidine rings is 1. The largest absolute Gasteiger partial charge is 0.341 e. The van der Waals surface area contributed by atoms with E-state index in [1.54, 1.807) is 23.5 Å². The summed E-state index contributed by atoms with van der Waals surface area (Å²) in [6.07, 6.45) is 3.45. The van der Waals surface area contributed by atoms with Gasteiger partial charge >= 0.3 is 0 Å².